The van der Waals surface area contributed by atoms with E-state index in [2.05, 4.69) is 14.9 Å². The zero-order valence-corrected chi connectivity index (χ0v) is 16.5. The van der Waals surface area contributed by atoms with Crippen LogP contribution in [0, 0.1) is 18.6 Å². The number of halogens is 2. The largest absolute Gasteiger partial charge is 0.334 e. The lowest BCUT2D eigenvalue weighted by Gasteiger charge is -2.09. The summed E-state index contributed by atoms with van der Waals surface area (Å²) < 4.78 is 59.5. The van der Waals surface area contributed by atoms with Gasteiger partial charge in [-0.2, -0.15) is 4.98 Å². The minimum Gasteiger partial charge on any atom is -0.334 e. The van der Waals surface area contributed by atoms with Crippen molar-refractivity contribution in [3.8, 4) is 22.8 Å². The number of benzene rings is 2. The number of sulfonamides is 1. The van der Waals surface area contributed by atoms with Crippen molar-refractivity contribution in [2.24, 2.45) is 0 Å². The third-order valence-electron chi connectivity index (χ3n) is 4.03. The molecule has 0 saturated heterocycles. The smallest absolute Gasteiger partial charge is 0.271 e. The molecule has 0 spiro atoms. The Bertz CT molecular complexity index is 1300. The van der Waals surface area contributed by atoms with Gasteiger partial charge in [-0.15, -0.1) is 11.3 Å². The highest BCUT2D eigenvalue weighted by atomic mass is 32.2. The van der Waals surface area contributed by atoms with E-state index in [0.29, 0.717) is 16.7 Å². The molecular formula is C19H13F2N3O3S2. The van der Waals surface area contributed by atoms with Gasteiger partial charge < -0.3 is 4.52 Å². The number of rotatable bonds is 5. The van der Waals surface area contributed by atoms with Crippen LogP contribution in [0.1, 0.15) is 5.56 Å². The molecule has 0 amide bonds. The average molecular weight is 433 g/mol. The number of nitrogens with one attached hydrogen (secondary N) is 1. The van der Waals surface area contributed by atoms with Crippen LogP contribution in [-0.2, 0) is 10.0 Å². The van der Waals surface area contributed by atoms with E-state index in [9.17, 15) is 17.2 Å². The summed E-state index contributed by atoms with van der Waals surface area (Å²) >= 11 is 0.975. The number of anilines is 1. The van der Waals surface area contributed by atoms with Crippen LogP contribution in [-0.4, -0.2) is 18.6 Å². The maximum atomic E-state index is 13.4. The van der Waals surface area contributed by atoms with E-state index in [-0.39, 0.29) is 21.6 Å². The average Bonchev–Trinajstić information content (AvgIpc) is 3.33. The van der Waals surface area contributed by atoms with E-state index in [1.807, 2.05) is 0 Å². The minimum absolute atomic E-state index is 0.0294. The quantitative estimate of drug-likeness (QED) is 0.486. The third-order valence-corrected chi connectivity index (χ3v) is 6.83. The van der Waals surface area contributed by atoms with E-state index in [4.69, 9.17) is 4.52 Å². The standard InChI is InChI=1S/C19H13F2N3O3S2/c1-11-7-15(21)5-6-16(11)24-29(25,26)17-9-13(10-28-17)19-22-18(23-27-19)12-3-2-4-14(20)8-12/h2-10,24H,1H3. The van der Waals surface area contributed by atoms with Gasteiger partial charge in [0.25, 0.3) is 15.9 Å². The van der Waals surface area contributed by atoms with Crippen molar-refractivity contribution in [1.29, 1.82) is 0 Å². The highest BCUT2D eigenvalue weighted by Gasteiger charge is 2.21. The molecule has 0 bridgehead atoms. The lowest BCUT2D eigenvalue weighted by Crippen LogP contribution is -2.12. The molecule has 4 aromatic rings. The van der Waals surface area contributed by atoms with E-state index in [1.54, 1.807) is 18.4 Å². The fraction of sp³-hybridized carbons (Fsp3) is 0.0526. The number of hydrogen-bond donors (Lipinski definition) is 1. The second-order valence-corrected chi connectivity index (χ2v) is 8.97. The highest BCUT2D eigenvalue weighted by Crippen LogP contribution is 2.30. The molecule has 0 fully saturated rings. The number of aryl methyl sites for hydroxylation is 1. The maximum Gasteiger partial charge on any atom is 0.271 e. The van der Waals surface area contributed by atoms with Gasteiger partial charge in [0, 0.05) is 10.9 Å². The van der Waals surface area contributed by atoms with Crippen molar-refractivity contribution >= 4 is 27.0 Å². The molecule has 0 saturated carbocycles. The summed E-state index contributed by atoms with van der Waals surface area (Å²) in [5.74, 6) is -0.579. The van der Waals surface area contributed by atoms with E-state index < -0.39 is 21.7 Å². The first-order valence-electron chi connectivity index (χ1n) is 8.29. The molecule has 0 atom stereocenters. The molecule has 148 valence electrons. The Balaban J connectivity index is 1.59. The van der Waals surface area contributed by atoms with Crippen LogP contribution in [0.4, 0.5) is 14.5 Å². The summed E-state index contributed by atoms with van der Waals surface area (Å²) in [4.78, 5) is 4.20. The van der Waals surface area contributed by atoms with Gasteiger partial charge in [0.1, 0.15) is 15.8 Å². The fourth-order valence-corrected chi connectivity index (χ4v) is 4.88. The number of aromatic nitrogens is 2. The first-order valence-corrected chi connectivity index (χ1v) is 10.7. The Kier molecular flexibility index (Phi) is 4.89. The molecule has 2 aromatic carbocycles. The first-order chi connectivity index (χ1) is 13.8. The minimum atomic E-state index is -3.88. The van der Waals surface area contributed by atoms with Gasteiger partial charge >= 0.3 is 0 Å². The predicted octanol–water partition coefficient (Wildman–Crippen LogP) is 4.85. The first kappa shape index (κ1) is 19.2. The summed E-state index contributed by atoms with van der Waals surface area (Å²) in [6.07, 6.45) is 0. The maximum absolute atomic E-state index is 13.4. The van der Waals surface area contributed by atoms with Crippen LogP contribution in [0.3, 0.4) is 0 Å². The summed E-state index contributed by atoms with van der Waals surface area (Å²) in [6.45, 7) is 1.60. The van der Waals surface area contributed by atoms with Crippen molar-refractivity contribution in [2.75, 3.05) is 4.72 Å². The summed E-state index contributed by atoms with van der Waals surface area (Å²) in [6, 6.07) is 10.9. The van der Waals surface area contributed by atoms with Gasteiger partial charge in [-0.05, 0) is 48.9 Å². The van der Waals surface area contributed by atoms with Crippen LogP contribution in [0.25, 0.3) is 22.8 Å². The SMILES string of the molecule is Cc1cc(F)ccc1NS(=O)(=O)c1cc(-c2nc(-c3cccc(F)c3)no2)cs1. The Morgan fingerprint density at radius 2 is 1.83 bits per heavy atom. The predicted molar refractivity (Wildman–Crippen MR) is 105 cm³/mol. The normalized spacial score (nSPS) is 11.6. The molecule has 0 aliphatic heterocycles. The summed E-state index contributed by atoms with van der Waals surface area (Å²) in [5.41, 5.74) is 1.60. The van der Waals surface area contributed by atoms with Gasteiger partial charge in [0.15, 0.2) is 0 Å². The molecule has 0 aliphatic carbocycles. The molecule has 29 heavy (non-hydrogen) atoms. The van der Waals surface area contributed by atoms with Crippen LogP contribution >= 0.6 is 11.3 Å². The Morgan fingerprint density at radius 1 is 1.03 bits per heavy atom. The van der Waals surface area contributed by atoms with Crippen molar-refractivity contribution in [1.82, 2.24) is 10.1 Å². The number of thiophene rings is 1. The van der Waals surface area contributed by atoms with Crippen molar-refractivity contribution in [2.45, 2.75) is 11.1 Å². The zero-order valence-electron chi connectivity index (χ0n) is 14.9. The second kappa shape index (κ2) is 7.37. The molecule has 10 heteroatoms. The molecule has 2 heterocycles. The Labute approximate surface area is 168 Å². The number of hydrogen-bond acceptors (Lipinski definition) is 6. The van der Waals surface area contributed by atoms with Gasteiger partial charge in [0.05, 0.1) is 11.3 Å². The third kappa shape index (κ3) is 4.03. The molecule has 0 aliphatic rings. The van der Waals surface area contributed by atoms with Crippen molar-refractivity contribution in [3.05, 3.63) is 71.1 Å². The van der Waals surface area contributed by atoms with Crippen LogP contribution in [0.2, 0.25) is 0 Å². The topological polar surface area (TPSA) is 85.1 Å². The van der Waals surface area contributed by atoms with E-state index >= 15 is 0 Å². The van der Waals surface area contributed by atoms with Crippen LogP contribution in [0.5, 0.6) is 0 Å². The van der Waals surface area contributed by atoms with Crippen LogP contribution in [0.15, 0.2) is 62.6 Å². The molecule has 6 nitrogen and oxygen atoms in total. The van der Waals surface area contributed by atoms with Crippen LogP contribution < -0.4 is 4.72 Å². The van der Waals surface area contributed by atoms with Gasteiger partial charge in [-0.1, -0.05) is 17.3 Å². The highest BCUT2D eigenvalue weighted by molar-refractivity contribution is 7.94. The lowest BCUT2D eigenvalue weighted by atomic mass is 10.2. The summed E-state index contributed by atoms with van der Waals surface area (Å²) in [5, 5.41) is 5.38. The second-order valence-electron chi connectivity index (χ2n) is 6.15. The molecule has 0 unspecified atom stereocenters. The van der Waals surface area contributed by atoms with Gasteiger partial charge in [0.2, 0.25) is 5.82 Å². The molecular weight excluding hydrogens is 420 g/mol. The van der Waals surface area contributed by atoms with E-state index in [0.717, 1.165) is 11.3 Å². The fourth-order valence-electron chi connectivity index (χ4n) is 2.59. The van der Waals surface area contributed by atoms with Crippen molar-refractivity contribution < 1.29 is 21.7 Å². The van der Waals surface area contributed by atoms with Crippen molar-refractivity contribution in [3.63, 3.8) is 0 Å². The Morgan fingerprint density at radius 3 is 2.59 bits per heavy atom. The number of nitrogens with zero attached hydrogens (tertiary/aromatic N) is 2. The monoisotopic (exact) mass is 433 g/mol. The lowest BCUT2D eigenvalue weighted by molar-refractivity contribution is 0.432. The van der Waals surface area contributed by atoms with Gasteiger partial charge in [-0.25, -0.2) is 17.2 Å². The Hall–Kier alpha value is -3.11. The van der Waals surface area contributed by atoms with E-state index in [1.165, 1.54) is 42.5 Å². The molecule has 2 aromatic heterocycles. The molecule has 0 radical (unpaired) electrons. The zero-order chi connectivity index (χ0) is 20.6. The molecule has 1 N–H and O–H groups in total. The van der Waals surface area contributed by atoms with Gasteiger partial charge in [-0.3, -0.25) is 4.72 Å². The molecule has 4 rings (SSSR count). The summed E-state index contributed by atoms with van der Waals surface area (Å²) in [7, 11) is -3.88.